The van der Waals surface area contributed by atoms with E-state index in [0.717, 1.165) is 12.8 Å². The van der Waals surface area contributed by atoms with E-state index in [9.17, 15) is 0 Å². The van der Waals surface area contributed by atoms with Crippen molar-refractivity contribution < 1.29 is 5.11 Å². The summed E-state index contributed by atoms with van der Waals surface area (Å²) in [5, 5.41) is 9.01. The predicted octanol–water partition coefficient (Wildman–Crippen LogP) is 0.970. The highest BCUT2D eigenvalue weighted by Gasteiger charge is 2.43. The van der Waals surface area contributed by atoms with Crippen molar-refractivity contribution >= 4 is 0 Å². The molecule has 1 aromatic heterocycles. The molecule has 54 valence electrons. The average molecular weight is 137 g/mol. The summed E-state index contributed by atoms with van der Waals surface area (Å²) in [4.78, 5) is 0. The molecule has 0 amide bonds. The Labute approximate surface area is 60.1 Å². The number of aliphatic hydroxyl groups excluding tert-OH is 1. The molecule has 1 aliphatic carbocycles. The average Bonchev–Trinajstić information content (AvgIpc) is 2.58. The van der Waals surface area contributed by atoms with Gasteiger partial charge in [-0.05, 0) is 25.0 Å². The summed E-state index contributed by atoms with van der Waals surface area (Å²) < 4.78 is 2.10. The number of hydrogen-bond acceptors (Lipinski definition) is 1. The van der Waals surface area contributed by atoms with Crippen LogP contribution in [0.1, 0.15) is 12.8 Å². The molecule has 0 spiro atoms. The highest BCUT2D eigenvalue weighted by atomic mass is 16.3. The van der Waals surface area contributed by atoms with Crippen LogP contribution in [-0.2, 0) is 5.54 Å². The van der Waals surface area contributed by atoms with Crippen LogP contribution >= 0.6 is 0 Å². The standard InChI is InChI=1S/C8H11NO/c10-7-8(3-4-8)9-5-1-2-6-9/h1-2,5-6,10H,3-4,7H2. The molecule has 10 heavy (non-hydrogen) atoms. The molecule has 0 saturated heterocycles. The number of hydrogen-bond donors (Lipinski definition) is 1. The van der Waals surface area contributed by atoms with Crippen molar-refractivity contribution in [2.45, 2.75) is 18.4 Å². The molecular weight excluding hydrogens is 126 g/mol. The summed E-state index contributed by atoms with van der Waals surface area (Å²) in [6, 6.07) is 3.99. The Balaban J connectivity index is 2.27. The molecule has 2 heteroatoms. The van der Waals surface area contributed by atoms with Crippen LogP contribution in [0.4, 0.5) is 0 Å². The summed E-state index contributed by atoms with van der Waals surface area (Å²) in [7, 11) is 0. The van der Waals surface area contributed by atoms with Crippen molar-refractivity contribution in [3.8, 4) is 0 Å². The first kappa shape index (κ1) is 5.98. The summed E-state index contributed by atoms with van der Waals surface area (Å²) in [5.41, 5.74) is 0.0868. The molecule has 0 bridgehead atoms. The van der Waals surface area contributed by atoms with Crippen LogP contribution in [-0.4, -0.2) is 16.3 Å². The van der Waals surface area contributed by atoms with Gasteiger partial charge in [-0.3, -0.25) is 0 Å². The first-order valence-corrected chi connectivity index (χ1v) is 3.62. The van der Waals surface area contributed by atoms with Crippen molar-refractivity contribution in [1.82, 2.24) is 4.57 Å². The second kappa shape index (κ2) is 1.86. The van der Waals surface area contributed by atoms with Gasteiger partial charge < -0.3 is 9.67 Å². The zero-order valence-electron chi connectivity index (χ0n) is 5.83. The van der Waals surface area contributed by atoms with Gasteiger partial charge in [-0.15, -0.1) is 0 Å². The molecule has 0 atom stereocenters. The summed E-state index contributed by atoms with van der Waals surface area (Å²) in [5.74, 6) is 0. The van der Waals surface area contributed by atoms with E-state index >= 15 is 0 Å². The number of aromatic nitrogens is 1. The van der Waals surface area contributed by atoms with E-state index in [0.29, 0.717) is 0 Å². The van der Waals surface area contributed by atoms with Gasteiger partial charge in [0.15, 0.2) is 0 Å². The Hall–Kier alpha value is -0.760. The normalized spacial score (nSPS) is 20.9. The van der Waals surface area contributed by atoms with Crippen molar-refractivity contribution in [2.24, 2.45) is 0 Å². The smallest absolute Gasteiger partial charge is 0.0671 e. The third-order valence-corrected chi connectivity index (χ3v) is 2.27. The van der Waals surface area contributed by atoms with Crippen molar-refractivity contribution in [3.63, 3.8) is 0 Å². The van der Waals surface area contributed by atoms with Crippen LogP contribution in [0.5, 0.6) is 0 Å². The van der Waals surface area contributed by atoms with Gasteiger partial charge in [-0.25, -0.2) is 0 Å². The van der Waals surface area contributed by atoms with E-state index in [2.05, 4.69) is 4.57 Å². The third kappa shape index (κ3) is 0.688. The minimum atomic E-state index is 0.0868. The van der Waals surface area contributed by atoms with Crippen LogP contribution in [0, 0.1) is 0 Å². The predicted molar refractivity (Wildman–Crippen MR) is 38.7 cm³/mol. The van der Waals surface area contributed by atoms with E-state index < -0.39 is 0 Å². The number of rotatable bonds is 2. The van der Waals surface area contributed by atoms with Crippen molar-refractivity contribution in [3.05, 3.63) is 24.5 Å². The largest absolute Gasteiger partial charge is 0.394 e. The van der Waals surface area contributed by atoms with E-state index in [4.69, 9.17) is 5.11 Å². The zero-order chi connectivity index (χ0) is 7.03. The molecule has 1 aromatic rings. The fraction of sp³-hybridized carbons (Fsp3) is 0.500. The molecule has 1 N–H and O–H groups in total. The maximum Gasteiger partial charge on any atom is 0.0671 e. The van der Waals surface area contributed by atoms with Crippen LogP contribution in [0.2, 0.25) is 0 Å². The molecule has 0 radical (unpaired) electrons. The highest BCUT2D eigenvalue weighted by Crippen LogP contribution is 2.42. The van der Waals surface area contributed by atoms with Gasteiger partial charge in [0.25, 0.3) is 0 Å². The molecule has 1 saturated carbocycles. The monoisotopic (exact) mass is 137 g/mol. The van der Waals surface area contributed by atoms with E-state index in [1.165, 1.54) is 0 Å². The maximum atomic E-state index is 9.01. The van der Waals surface area contributed by atoms with Crippen LogP contribution < -0.4 is 0 Å². The van der Waals surface area contributed by atoms with E-state index in [1.54, 1.807) is 0 Å². The van der Waals surface area contributed by atoms with Gasteiger partial charge in [0.2, 0.25) is 0 Å². The highest BCUT2D eigenvalue weighted by molar-refractivity contribution is 5.06. The lowest BCUT2D eigenvalue weighted by Crippen LogP contribution is -2.19. The van der Waals surface area contributed by atoms with Crippen molar-refractivity contribution in [1.29, 1.82) is 0 Å². The first-order valence-electron chi connectivity index (χ1n) is 3.62. The maximum absolute atomic E-state index is 9.01. The minimum Gasteiger partial charge on any atom is -0.394 e. The van der Waals surface area contributed by atoms with Gasteiger partial charge in [0.05, 0.1) is 12.1 Å². The minimum absolute atomic E-state index is 0.0868. The molecule has 0 aliphatic heterocycles. The Morgan fingerprint density at radius 2 is 1.90 bits per heavy atom. The van der Waals surface area contributed by atoms with E-state index in [-0.39, 0.29) is 12.1 Å². The van der Waals surface area contributed by atoms with Crippen LogP contribution in [0.3, 0.4) is 0 Å². The van der Waals surface area contributed by atoms with Gasteiger partial charge in [0.1, 0.15) is 0 Å². The molecule has 1 aliphatic rings. The first-order chi connectivity index (χ1) is 4.87. The van der Waals surface area contributed by atoms with Gasteiger partial charge in [0, 0.05) is 12.4 Å². The fourth-order valence-corrected chi connectivity index (χ4v) is 1.29. The van der Waals surface area contributed by atoms with E-state index in [1.807, 2.05) is 24.5 Å². The lowest BCUT2D eigenvalue weighted by molar-refractivity contribution is 0.213. The second-order valence-electron chi connectivity index (χ2n) is 2.97. The lowest BCUT2D eigenvalue weighted by atomic mass is 10.3. The van der Waals surface area contributed by atoms with Gasteiger partial charge >= 0.3 is 0 Å². The molecule has 2 nitrogen and oxygen atoms in total. The molecule has 1 heterocycles. The Kier molecular flexibility index (Phi) is 1.11. The third-order valence-electron chi connectivity index (χ3n) is 2.27. The quantitative estimate of drug-likeness (QED) is 0.645. The number of nitrogens with zero attached hydrogens (tertiary/aromatic N) is 1. The Morgan fingerprint density at radius 1 is 1.30 bits per heavy atom. The lowest BCUT2D eigenvalue weighted by Gasteiger charge is -2.12. The Morgan fingerprint density at radius 3 is 2.30 bits per heavy atom. The number of aliphatic hydroxyl groups is 1. The summed E-state index contributed by atoms with van der Waals surface area (Å²) >= 11 is 0. The molecule has 0 unspecified atom stereocenters. The topological polar surface area (TPSA) is 25.2 Å². The molecule has 2 rings (SSSR count). The summed E-state index contributed by atoms with van der Waals surface area (Å²) in [6.45, 7) is 0.279. The zero-order valence-corrected chi connectivity index (χ0v) is 5.83. The molecule has 1 fully saturated rings. The fourth-order valence-electron chi connectivity index (χ4n) is 1.29. The van der Waals surface area contributed by atoms with Gasteiger partial charge in [-0.1, -0.05) is 0 Å². The molecular formula is C8H11NO. The van der Waals surface area contributed by atoms with Gasteiger partial charge in [-0.2, -0.15) is 0 Å². The Bertz CT molecular complexity index is 211. The van der Waals surface area contributed by atoms with Crippen molar-refractivity contribution in [2.75, 3.05) is 6.61 Å². The molecule has 0 aromatic carbocycles. The second-order valence-corrected chi connectivity index (χ2v) is 2.97. The van der Waals surface area contributed by atoms with Crippen LogP contribution in [0.25, 0.3) is 0 Å². The van der Waals surface area contributed by atoms with Crippen LogP contribution in [0.15, 0.2) is 24.5 Å². The summed E-state index contributed by atoms with van der Waals surface area (Å²) in [6.07, 6.45) is 6.28. The SMILES string of the molecule is OCC1(n2cccc2)CC1.